The summed E-state index contributed by atoms with van der Waals surface area (Å²) < 4.78 is 6.93. The second-order valence-electron chi connectivity index (χ2n) is 2.26. The number of aromatic nitrogens is 3. The van der Waals surface area contributed by atoms with E-state index in [2.05, 4.69) is 10.2 Å². The fraction of sp³-hybridized carbons (Fsp3) is 0.667. The molecule has 1 aromatic rings. The van der Waals surface area contributed by atoms with E-state index in [4.69, 9.17) is 22.8 Å². The molecule has 0 unspecified atom stereocenters. The van der Waals surface area contributed by atoms with E-state index >= 15 is 0 Å². The van der Waals surface area contributed by atoms with Gasteiger partial charge in [-0.1, -0.05) is 0 Å². The molecule has 0 spiro atoms. The van der Waals surface area contributed by atoms with Gasteiger partial charge in [-0.25, -0.2) is 4.68 Å². The predicted molar refractivity (Wildman–Crippen MR) is 47.8 cm³/mol. The Hall–Kier alpha value is -0.880. The molecule has 0 aliphatic heterocycles. The second kappa shape index (κ2) is 4.22. The third-order valence-corrected chi connectivity index (χ3v) is 1.74. The van der Waals surface area contributed by atoms with Crippen molar-refractivity contribution in [1.29, 1.82) is 0 Å². The molecule has 1 aromatic heterocycles. The molecule has 0 amide bonds. The molecule has 0 saturated carbocycles. The Morgan fingerprint density at radius 3 is 3.00 bits per heavy atom. The molecule has 0 atom stereocenters. The monoisotopic (exact) mass is 188 g/mol. The van der Waals surface area contributed by atoms with Crippen LogP contribution >= 0.6 is 12.2 Å². The minimum Gasteiger partial charge on any atom is -0.381 e. The van der Waals surface area contributed by atoms with Gasteiger partial charge in [-0.2, -0.15) is 5.10 Å². The molecular weight excluding hydrogens is 176 g/mol. The van der Waals surface area contributed by atoms with Crippen LogP contribution in [0.2, 0.25) is 0 Å². The lowest BCUT2D eigenvalue weighted by atomic mass is 10.4. The molecule has 0 saturated heterocycles. The number of nitrogens with zero attached hydrogens (tertiary/aromatic N) is 2. The summed E-state index contributed by atoms with van der Waals surface area (Å²) in [5.74, 6) is 6.26. The predicted octanol–water partition coefficient (Wildman–Crippen LogP) is 0.233. The minimum absolute atomic E-state index is 0.432. The van der Waals surface area contributed by atoms with Crippen LogP contribution in [0.1, 0.15) is 12.7 Å². The van der Waals surface area contributed by atoms with Crippen LogP contribution in [-0.4, -0.2) is 28.1 Å². The van der Waals surface area contributed by atoms with Crippen LogP contribution in [0.5, 0.6) is 0 Å². The molecule has 0 fully saturated rings. The molecule has 0 aromatic carbocycles. The molecule has 6 heteroatoms. The fourth-order valence-corrected chi connectivity index (χ4v) is 0.972. The highest BCUT2D eigenvalue weighted by Crippen LogP contribution is 1.93. The Morgan fingerprint density at radius 1 is 1.75 bits per heavy atom. The first-order valence-electron chi connectivity index (χ1n) is 3.74. The zero-order valence-corrected chi connectivity index (χ0v) is 7.73. The van der Waals surface area contributed by atoms with Gasteiger partial charge in [0.15, 0.2) is 5.82 Å². The molecule has 12 heavy (non-hydrogen) atoms. The standard InChI is InChI=1S/C6H12N4OS/c1-2-11-4-3-5-8-9-6(12)10(5)7/h2-4,7H2,1H3,(H,9,12). The molecule has 68 valence electrons. The quantitative estimate of drug-likeness (QED) is 0.403. The van der Waals surface area contributed by atoms with Crippen LogP contribution in [0.4, 0.5) is 0 Å². The third kappa shape index (κ3) is 2.05. The van der Waals surface area contributed by atoms with Gasteiger partial charge < -0.3 is 10.6 Å². The normalized spacial score (nSPS) is 10.4. The topological polar surface area (TPSA) is 68.9 Å². The average molecular weight is 188 g/mol. The van der Waals surface area contributed by atoms with Crippen LogP contribution in [0.25, 0.3) is 0 Å². The van der Waals surface area contributed by atoms with Gasteiger partial charge in [0.25, 0.3) is 0 Å². The molecule has 1 heterocycles. The molecule has 5 nitrogen and oxygen atoms in total. The number of H-pyrrole nitrogens is 1. The first-order chi connectivity index (χ1) is 5.75. The summed E-state index contributed by atoms with van der Waals surface area (Å²) in [6.07, 6.45) is 0.678. The summed E-state index contributed by atoms with van der Waals surface area (Å²) >= 11 is 4.83. The van der Waals surface area contributed by atoms with E-state index in [1.165, 1.54) is 4.68 Å². The second-order valence-corrected chi connectivity index (χ2v) is 2.65. The number of ether oxygens (including phenoxy) is 1. The van der Waals surface area contributed by atoms with E-state index in [9.17, 15) is 0 Å². The number of nitrogens with one attached hydrogen (secondary N) is 1. The Morgan fingerprint density at radius 2 is 2.50 bits per heavy atom. The summed E-state index contributed by atoms with van der Waals surface area (Å²) in [6, 6.07) is 0. The Labute approximate surface area is 75.5 Å². The van der Waals surface area contributed by atoms with Crippen molar-refractivity contribution >= 4 is 12.2 Å². The van der Waals surface area contributed by atoms with Crippen LogP contribution in [-0.2, 0) is 11.2 Å². The van der Waals surface area contributed by atoms with Crippen LogP contribution in [0.3, 0.4) is 0 Å². The SMILES string of the molecule is CCOCCc1n[nH]c(=S)n1N. The molecule has 0 radical (unpaired) electrons. The van der Waals surface area contributed by atoms with E-state index in [-0.39, 0.29) is 0 Å². The smallest absolute Gasteiger partial charge is 0.214 e. The first kappa shape index (κ1) is 9.21. The highest BCUT2D eigenvalue weighted by Gasteiger charge is 2.01. The molecule has 0 aliphatic rings. The highest BCUT2D eigenvalue weighted by atomic mass is 32.1. The largest absolute Gasteiger partial charge is 0.381 e. The molecule has 3 N–H and O–H groups in total. The van der Waals surface area contributed by atoms with Gasteiger partial charge in [0.05, 0.1) is 6.61 Å². The summed E-state index contributed by atoms with van der Waals surface area (Å²) in [5.41, 5.74) is 0. The van der Waals surface area contributed by atoms with E-state index < -0.39 is 0 Å². The number of aromatic amines is 1. The van der Waals surface area contributed by atoms with Crippen LogP contribution < -0.4 is 5.84 Å². The van der Waals surface area contributed by atoms with Crippen molar-refractivity contribution in [2.45, 2.75) is 13.3 Å². The van der Waals surface area contributed by atoms with Crippen molar-refractivity contribution in [3.05, 3.63) is 10.6 Å². The number of hydrogen-bond acceptors (Lipinski definition) is 4. The van der Waals surface area contributed by atoms with Gasteiger partial charge in [-0.05, 0) is 19.1 Å². The average Bonchev–Trinajstić information content (AvgIpc) is 2.36. The van der Waals surface area contributed by atoms with Gasteiger partial charge in [0, 0.05) is 13.0 Å². The lowest BCUT2D eigenvalue weighted by Crippen LogP contribution is -2.14. The maximum Gasteiger partial charge on any atom is 0.214 e. The zero-order chi connectivity index (χ0) is 8.97. The van der Waals surface area contributed by atoms with Crippen molar-refractivity contribution in [2.75, 3.05) is 19.1 Å². The van der Waals surface area contributed by atoms with E-state index in [0.29, 0.717) is 30.2 Å². The Bertz CT molecular complexity index is 292. The summed E-state index contributed by atoms with van der Waals surface area (Å²) in [6.45, 7) is 3.27. The van der Waals surface area contributed by atoms with Crippen molar-refractivity contribution in [2.24, 2.45) is 0 Å². The van der Waals surface area contributed by atoms with Crippen LogP contribution in [0, 0.1) is 4.77 Å². The van der Waals surface area contributed by atoms with Gasteiger partial charge in [0.2, 0.25) is 4.77 Å². The lowest BCUT2D eigenvalue weighted by molar-refractivity contribution is 0.149. The van der Waals surface area contributed by atoms with Gasteiger partial charge in [0.1, 0.15) is 0 Å². The van der Waals surface area contributed by atoms with Crippen molar-refractivity contribution in [3.63, 3.8) is 0 Å². The number of nitrogens with two attached hydrogens (primary N) is 1. The van der Waals surface area contributed by atoms with Gasteiger partial charge in [-0.3, -0.25) is 5.10 Å². The summed E-state index contributed by atoms with van der Waals surface area (Å²) in [5, 5.41) is 6.53. The minimum atomic E-state index is 0.432. The van der Waals surface area contributed by atoms with E-state index in [1.807, 2.05) is 6.92 Å². The molecule has 0 bridgehead atoms. The molecular formula is C6H12N4OS. The summed E-state index contributed by atoms with van der Waals surface area (Å²) in [7, 11) is 0. The fourth-order valence-electron chi connectivity index (χ4n) is 0.821. The van der Waals surface area contributed by atoms with Gasteiger partial charge >= 0.3 is 0 Å². The molecule has 0 aliphatic carbocycles. The maximum atomic E-state index is 5.55. The number of nitrogen functional groups attached to an aromatic ring is 1. The number of hydrogen-bond donors (Lipinski definition) is 2. The van der Waals surface area contributed by atoms with Crippen LogP contribution in [0.15, 0.2) is 0 Å². The van der Waals surface area contributed by atoms with E-state index in [1.54, 1.807) is 0 Å². The number of rotatable bonds is 4. The van der Waals surface area contributed by atoms with E-state index in [0.717, 1.165) is 0 Å². The van der Waals surface area contributed by atoms with Crippen molar-refractivity contribution < 1.29 is 4.74 Å². The lowest BCUT2D eigenvalue weighted by Gasteiger charge is -1.99. The van der Waals surface area contributed by atoms with Crippen molar-refractivity contribution in [1.82, 2.24) is 14.9 Å². The highest BCUT2D eigenvalue weighted by molar-refractivity contribution is 7.71. The zero-order valence-electron chi connectivity index (χ0n) is 6.91. The molecule has 1 rings (SSSR count). The third-order valence-electron chi connectivity index (χ3n) is 1.45. The Kier molecular flexibility index (Phi) is 3.24. The van der Waals surface area contributed by atoms with Crippen molar-refractivity contribution in [3.8, 4) is 0 Å². The summed E-state index contributed by atoms with van der Waals surface area (Å²) in [4.78, 5) is 0. The first-order valence-corrected chi connectivity index (χ1v) is 4.15. The maximum absolute atomic E-state index is 5.55. The Balaban J connectivity index is 2.52. The van der Waals surface area contributed by atoms with Gasteiger partial charge in [-0.15, -0.1) is 0 Å².